The molecule has 0 fully saturated rings. The van der Waals surface area contributed by atoms with Gasteiger partial charge in [0.25, 0.3) is 16.0 Å². The topological polar surface area (TPSA) is 97.0 Å². The van der Waals surface area contributed by atoms with E-state index in [9.17, 15) is 8.42 Å². The summed E-state index contributed by atoms with van der Waals surface area (Å²) in [6, 6.07) is 4.15. The molecule has 0 aliphatic carbocycles. The number of methoxy groups -OCH3 is 1. The van der Waals surface area contributed by atoms with E-state index >= 15 is 0 Å². The van der Waals surface area contributed by atoms with Crippen molar-refractivity contribution in [1.82, 2.24) is 15.2 Å². The lowest BCUT2D eigenvalue weighted by atomic mass is 10.3. The van der Waals surface area contributed by atoms with E-state index in [1.807, 2.05) is 0 Å². The highest BCUT2D eigenvalue weighted by Gasteiger charge is 2.18. The fourth-order valence-corrected chi connectivity index (χ4v) is 2.67. The van der Waals surface area contributed by atoms with Crippen molar-refractivity contribution in [1.29, 1.82) is 0 Å². The summed E-state index contributed by atoms with van der Waals surface area (Å²) in [6.07, 6.45) is 0. The molecule has 19 heavy (non-hydrogen) atoms. The summed E-state index contributed by atoms with van der Waals surface area (Å²) in [5.74, 6) is 0.879. The Morgan fingerprint density at radius 1 is 1.42 bits per heavy atom. The van der Waals surface area contributed by atoms with Crippen LogP contribution in [0, 0.1) is 6.92 Å². The van der Waals surface area contributed by atoms with E-state index in [0.29, 0.717) is 11.6 Å². The van der Waals surface area contributed by atoms with Gasteiger partial charge in [0, 0.05) is 0 Å². The molecular formula is C10H11ClN4O3S. The summed E-state index contributed by atoms with van der Waals surface area (Å²) < 4.78 is 31.3. The van der Waals surface area contributed by atoms with Gasteiger partial charge in [0.15, 0.2) is 0 Å². The standard InChI is InChI=1S/C10H11ClN4O3S/c1-6-12-10(14-13-6)15-19(16,17)7-3-4-9(18-2)8(11)5-7/h3-5H,1-2H3,(H2,12,13,14,15). The van der Waals surface area contributed by atoms with Crippen molar-refractivity contribution in [2.45, 2.75) is 11.8 Å². The van der Waals surface area contributed by atoms with Crippen LogP contribution in [0.3, 0.4) is 0 Å². The molecule has 102 valence electrons. The van der Waals surface area contributed by atoms with Crippen molar-refractivity contribution in [3.8, 4) is 5.75 Å². The second-order valence-corrected chi connectivity index (χ2v) is 5.74. The zero-order chi connectivity index (χ0) is 14.0. The molecule has 0 unspecified atom stereocenters. The average Bonchev–Trinajstić information content (AvgIpc) is 2.73. The van der Waals surface area contributed by atoms with Crippen molar-refractivity contribution in [3.05, 3.63) is 29.0 Å². The Kier molecular flexibility index (Phi) is 3.63. The van der Waals surface area contributed by atoms with Crippen LogP contribution in [-0.2, 0) is 10.0 Å². The summed E-state index contributed by atoms with van der Waals surface area (Å²) in [6.45, 7) is 1.66. The number of nitrogens with one attached hydrogen (secondary N) is 2. The Balaban J connectivity index is 2.31. The summed E-state index contributed by atoms with van der Waals surface area (Å²) in [7, 11) is -2.33. The van der Waals surface area contributed by atoms with E-state index in [4.69, 9.17) is 16.3 Å². The molecule has 7 nitrogen and oxygen atoms in total. The van der Waals surface area contributed by atoms with Crippen LogP contribution >= 0.6 is 11.6 Å². The number of aromatic nitrogens is 3. The van der Waals surface area contributed by atoms with Gasteiger partial charge < -0.3 is 4.74 Å². The van der Waals surface area contributed by atoms with E-state index < -0.39 is 10.0 Å². The van der Waals surface area contributed by atoms with Crippen LogP contribution in [0.1, 0.15) is 5.82 Å². The summed E-state index contributed by atoms with van der Waals surface area (Å²) in [4.78, 5) is 3.86. The summed E-state index contributed by atoms with van der Waals surface area (Å²) >= 11 is 5.89. The lowest BCUT2D eigenvalue weighted by Crippen LogP contribution is -2.14. The molecule has 0 aliphatic rings. The predicted molar refractivity (Wildman–Crippen MR) is 69.9 cm³/mol. The van der Waals surface area contributed by atoms with Crippen molar-refractivity contribution in [3.63, 3.8) is 0 Å². The van der Waals surface area contributed by atoms with Gasteiger partial charge in [-0.3, -0.25) is 5.10 Å². The highest BCUT2D eigenvalue weighted by molar-refractivity contribution is 7.92. The zero-order valence-corrected chi connectivity index (χ0v) is 11.7. The number of rotatable bonds is 4. The molecular weight excluding hydrogens is 292 g/mol. The zero-order valence-electron chi connectivity index (χ0n) is 10.1. The molecule has 2 N–H and O–H groups in total. The number of H-pyrrole nitrogens is 1. The van der Waals surface area contributed by atoms with Crippen molar-refractivity contribution < 1.29 is 13.2 Å². The Morgan fingerprint density at radius 2 is 2.16 bits per heavy atom. The molecule has 0 bridgehead atoms. The highest BCUT2D eigenvalue weighted by Crippen LogP contribution is 2.27. The van der Waals surface area contributed by atoms with Crippen LogP contribution in [0.5, 0.6) is 5.75 Å². The SMILES string of the molecule is COc1ccc(S(=O)(=O)Nc2n[nH]c(C)n2)cc1Cl. The first-order valence-corrected chi connectivity index (χ1v) is 7.04. The second-order valence-electron chi connectivity index (χ2n) is 3.65. The number of ether oxygens (including phenoxy) is 1. The number of halogens is 1. The summed E-state index contributed by atoms with van der Waals surface area (Å²) in [5, 5.41) is 6.44. The first-order valence-electron chi connectivity index (χ1n) is 5.18. The van der Waals surface area contributed by atoms with E-state index in [2.05, 4.69) is 19.9 Å². The molecule has 1 aromatic heterocycles. The second kappa shape index (κ2) is 5.06. The molecule has 0 spiro atoms. The van der Waals surface area contributed by atoms with Crippen LogP contribution in [0.2, 0.25) is 5.02 Å². The van der Waals surface area contributed by atoms with E-state index in [0.717, 1.165) is 0 Å². The smallest absolute Gasteiger partial charge is 0.264 e. The highest BCUT2D eigenvalue weighted by atomic mass is 35.5. The molecule has 9 heteroatoms. The molecule has 1 aromatic carbocycles. The Bertz CT molecular complexity index is 699. The maximum Gasteiger partial charge on any atom is 0.264 e. The first kappa shape index (κ1) is 13.6. The fourth-order valence-electron chi connectivity index (χ4n) is 1.38. The minimum Gasteiger partial charge on any atom is -0.495 e. The van der Waals surface area contributed by atoms with Gasteiger partial charge in [0.05, 0.1) is 17.0 Å². The minimum atomic E-state index is -3.78. The van der Waals surface area contributed by atoms with Gasteiger partial charge in [0.2, 0.25) is 0 Å². The maximum absolute atomic E-state index is 12.1. The molecule has 0 radical (unpaired) electrons. The quantitative estimate of drug-likeness (QED) is 0.893. The number of aryl methyl sites for hydroxylation is 1. The van der Waals surface area contributed by atoms with Gasteiger partial charge in [0.1, 0.15) is 11.6 Å². The normalized spacial score (nSPS) is 11.3. The molecule has 1 heterocycles. The van der Waals surface area contributed by atoms with E-state index in [-0.39, 0.29) is 15.9 Å². The van der Waals surface area contributed by atoms with E-state index in [1.54, 1.807) is 6.92 Å². The van der Waals surface area contributed by atoms with Crippen molar-refractivity contribution in [2.75, 3.05) is 11.8 Å². The van der Waals surface area contributed by atoms with Gasteiger partial charge in [-0.05, 0) is 25.1 Å². The fraction of sp³-hybridized carbons (Fsp3) is 0.200. The largest absolute Gasteiger partial charge is 0.495 e. The number of hydrogen-bond acceptors (Lipinski definition) is 5. The van der Waals surface area contributed by atoms with Crippen LogP contribution in [0.25, 0.3) is 0 Å². The number of anilines is 1. The average molecular weight is 303 g/mol. The first-order chi connectivity index (χ1) is 8.92. The number of benzene rings is 1. The lowest BCUT2D eigenvalue weighted by Gasteiger charge is -2.07. The number of sulfonamides is 1. The monoisotopic (exact) mass is 302 g/mol. The van der Waals surface area contributed by atoms with Crippen LogP contribution in [0.4, 0.5) is 5.95 Å². The maximum atomic E-state index is 12.1. The van der Waals surface area contributed by atoms with Crippen LogP contribution < -0.4 is 9.46 Å². The van der Waals surface area contributed by atoms with Gasteiger partial charge in [-0.1, -0.05) is 11.6 Å². The number of aromatic amines is 1. The van der Waals surface area contributed by atoms with Crippen LogP contribution in [0.15, 0.2) is 23.1 Å². The molecule has 0 saturated heterocycles. The van der Waals surface area contributed by atoms with Crippen molar-refractivity contribution in [2.24, 2.45) is 0 Å². The number of hydrogen-bond donors (Lipinski definition) is 2. The molecule has 2 aromatic rings. The predicted octanol–water partition coefficient (Wildman–Crippen LogP) is 1.58. The lowest BCUT2D eigenvalue weighted by molar-refractivity contribution is 0.414. The summed E-state index contributed by atoms with van der Waals surface area (Å²) in [5.41, 5.74) is 0. The van der Waals surface area contributed by atoms with E-state index in [1.165, 1.54) is 25.3 Å². The van der Waals surface area contributed by atoms with Gasteiger partial charge in [-0.15, -0.1) is 5.10 Å². The minimum absolute atomic E-state index is 0.000697. The van der Waals surface area contributed by atoms with Gasteiger partial charge in [-0.25, -0.2) is 13.1 Å². The van der Waals surface area contributed by atoms with Gasteiger partial charge >= 0.3 is 0 Å². The molecule has 0 saturated carbocycles. The van der Waals surface area contributed by atoms with Gasteiger partial charge in [-0.2, -0.15) is 4.98 Å². The molecule has 0 aliphatic heterocycles. The Hall–Kier alpha value is -1.80. The van der Waals surface area contributed by atoms with Crippen molar-refractivity contribution >= 4 is 27.6 Å². The Morgan fingerprint density at radius 3 is 2.68 bits per heavy atom. The molecule has 0 amide bonds. The Labute approximate surface area is 115 Å². The third kappa shape index (κ3) is 2.96. The number of nitrogens with zero attached hydrogens (tertiary/aromatic N) is 2. The van der Waals surface area contributed by atoms with Crippen LogP contribution in [-0.4, -0.2) is 30.7 Å². The molecule has 0 atom stereocenters. The third-order valence-electron chi connectivity index (χ3n) is 2.26. The molecule has 2 rings (SSSR count). The third-order valence-corrected chi connectivity index (χ3v) is 3.88.